The summed E-state index contributed by atoms with van der Waals surface area (Å²) in [4.78, 5) is 12.9. The Bertz CT molecular complexity index is 685. The van der Waals surface area contributed by atoms with Crippen LogP contribution in [-0.4, -0.2) is 17.5 Å². The summed E-state index contributed by atoms with van der Waals surface area (Å²) >= 11 is 11.9. The Labute approximate surface area is 150 Å². The maximum atomic E-state index is 13.8. The lowest BCUT2D eigenvalue weighted by molar-refractivity contribution is -0.121. The minimum absolute atomic E-state index is 0.00304. The summed E-state index contributed by atoms with van der Waals surface area (Å²) in [5.41, 5.74) is 1.99. The number of ketones is 1. The Balaban J connectivity index is 2.37. The second-order valence-electron chi connectivity index (χ2n) is 5.83. The van der Waals surface area contributed by atoms with Crippen molar-refractivity contribution in [3.63, 3.8) is 0 Å². The second kappa shape index (κ2) is 8.09. The van der Waals surface area contributed by atoms with Gasteiger partial charge in [0, 0.05) is 11.8 Å². The van der Waals surface area contributed by atoms with Gasteiger partial charge in [0.05, 0.1) is 11.8 Å². The van der Waals surface area contributed by atoms with E-state index >= 15 is 0 Å². The largest absolute Gasteiger partial charge is 0.298 e. The highest BCUT2D eigenvalue weighted by atomic mass is 35.5. The van der Waals surface area contributed by atoms with E-state index in [9.17, 15) is 13.6 Å². The van der Waals surface area contributed by atoms with E-state index in [0.717, 1.165) is 0 Å². The number of rotatable bonds is 6. The van der Waals surface area contributed by atoms with Crippen molar-refractivity contribution in [1.82, 2.24) is 0 Å². The third kappa shape index (κ3) is 3.96. The fourth-order valence-corrected chi connectivity index (χ4v) is 3.21. The summed E-state index contributed by atoms with van der Waals surface area (Å²) in [6.45, 7) is 3.29. The first-order valence-electron chi connectivity index (χ1n) is 7.56. The number of hydrogen-bond donors (Lipinski definition) is 0. The van der Waals surface area contributed by atoms with E-state index < -0.39 is 11.8 Å². The van der Waals surface area contributed by atoms with Gasteiger partial charge in [0.1, 0.15) is 17.4 Å². The number of carbonyl (C=O) groups is 1. The lowest BCUT2D eigenvalue weighted by Gasteiger charge is -2.21. The van der Waals surface area contributed by atoms with Crippen LogP contribution in [-0.2, 0) is 4.79 Å². The number of hydrogen-bond acceptors (Lipinski definition) is 1. The van der Waals surface area contributed by atoms with Crippen LogP contribution in [0.1, 0.15) is 34.1 Å². The lowest BCUT2D eigenvalue weighted by atomic mass is 9.85. The van der Waals surface area contributed by atoms with Crippen LogP contribution in [0.4, 0.5) is 8.78 Å². The number of benzene rings is 2. The molecule has 0 saturated heterocycles. The van der Waals surface area contributed by atoms with Gasteiger partial charge in [-0.05, 0) is 48.2 Å². The molecule has 0 fully saturated rings. The first-order valence-corrected chi connectivity index (χ1v) is 8.63. The maximum absolute atomic E-state index is 13.8. The average molecular weight is 371 g/mol. The van der Waals surface area contributed by atoms with E-state index in [1.807, 2.05) is 0 Å². The molecule has 0 bridgehead atoms. The summed E-state index contributed by atoms with van der Waals surface area (Å²) in [6.07, 6.45) is 0. The molecule has 5 heteroatoms. The van der Waals surface area contributed by atoms with E-state index in [4.69, 9.17) is 23.2 Å². The van der Waals surface area contributed by atoms with Crippen molar-refractivity contribution in [1.29, 1.82) is 0 Å². The molecule has 2 aromatic carbocycles. The lowest BCUT2D eigenvalue weighted by Crippen LogP contribution is -2.23. The predicted octanol–water partition coefficient (Wildman–Crippen LogP) is 5.50. The first-order chi connectivity index (χ1) is 11.4. The summed E-state index contributed by atoms with van der Waals surface area (Å²) in [7, 11) is 0. The van der Waals surface area contributed by atoms with Crippen LogP contribution in [0, 0.1) is 25.5 Å². The van der Waals surface area contributed by atoms with Gasteiger partial charge in [-0.25, -0.2) is 8.78 Å². The zero-order valence-corrected chi connectivity index (χ0v) is 15.0. The van der Waals surface area contributed by atoms with Crippen LogP contribution in [0.25, 0.3) is 0 Å². The molecule has 2 atom stereocenters. The highest BCUT2D eigenvalue weighted by molar-refractivity contribution is 6.22. The SMILES string of the molecule is Cc1ccc(C(CCl)C(=O)C(CCl)c2ccc(C)c(F)c2)cc1F. The molecule has 1 nitrogen and oxygen atoms in total. The Morgan fingerprint density at radius 1 is 0.875 bits per heavy atom. The van der Waals surface area contributed by atoms with Crippen LogP contribution in [0.3, 0.4) is 0 Å². The van der Waals surface area contributed by atoms with Crippen LogP contribution >= 0.6 is 23.2 Å². The Morgan fingerprint density at radius 3 is 1.54 bits per heavy atom. The zero-order chi connectivity index (χ0) is 17.9. The molecule has 0 aromatic heterocycles. The average Bonchev–Trinajstić information content (AvgIpc) is 2.55. The Morgan fingerprint density at radius 2 is 1.25 bits per heavy atom. The van der Waals surface area contributed by atoms with Gasteiger partial charge in [-0.2, -0.15) is 0 Å². The van der Waals surface area contributed by atoms with Crippen molar-refractivity contribution in [2.24, 2.45) is 0 Å². The topological polar surface area (TPSA) is 17.1 Å². The third-order valence-electron chi connectivity index (χ3n) is 4.19. The molecule has 0 aliphatic rings. The number of halogens is 4. The van der Waals surface area contributed by atoms with Crippen LogP contribution < -0.4 is 0 Å². The molecule has 128 valence electrons. The molecule has 2 rings (SSSR count). The molecule has 0 spiro atoms. The number of aryl methyl sites for hydroxylation is 2. The predicted molar refractivity (Wildman–Crippen MR) is 94.2 cm³/mol. The minimum atomic E-state index is -0.699. The Kier molecular flexibility index (Phi) is 6.36. The standard InChI is InChI=1S/C19H18Cl2F2O/c1-11-3-5-13(7-17(11)22)15(9-20)19(24)16(10-21)14-6-4-12(2)18(23)8-14/h3-8,15-16H,9-10H2,1-2H3. The molecule has 0 saturated carbocycles. The van der Waals surface area contributed by atoms with Gasteiger partial charge in [0.25, 0.3) is 0 Å². The van der Waals surface area contributed by atoms with E-state index in [2.05, 4.69) is 0 Å². The molecule has 2 aromatic rings. The zero-order valence-electron chi connectivity index (χ0n) is 13.5. The summed E-state index contributed by atoms with van der Waals surface area (Å²) < 4.78 is 27.6. The number of Topliss-reactive ketones (excluding diaryl/α,β-unsaturated/α-hetero) is 1. The van der Waals surface area contributed by atoms with Crippen molar-refractivity contribution >= 4 is 29.0 Å². The van der Waals surface area contributed by atoms with Crippen molar-refractivity contribution in [3.8, 4) is 0 Å². The molecular formula is C19H18Cl2F2O. The van der Waals surface area contributed by atoms with Gasteiger partial charge in [-0.15, -0.1) is 23.2 Å². The van der Waals surface area contributed by atoms with Crippen molar-refractivity contribution in [2.45, 2.75) is 25.7 Å². The molecule has 0 radical (unpaired) electrons. The molecule has 0 aliphatic heterocycles. The van der Waals surface area contributed by atoms with Crippen LogP contribution in [0.15, 0.2) is 36.4 Å². The second-order valence-corrected chi connectivity index (χ2v) is 6.45. The fourth-order valence-electron chi connectivity index (χ4n) is 2.55. The van der Waals surface area contributed by atoms with E-state index in [-0.39, 0.29) is 29.2 Å². The van der Waals surface area contributed by atoms with E-state index in [1.54, 1.807) is 38.1 Å². The highest BCUT2D eigenvalue weighted by Crippen LogP contribution is 2.30. The summed E-state index contributed by atoms with van der Waals surface area (Å²) in [6, 6.07) is 9.23. The Hall–Kier alpha value is -1.45. The van der Waals surface area contributed by atoms with E-state index in [0.29, 0.717) is 22.3 Å². The van der Waals surface area contributed by atoms with Crippen molar-refractivity contribution in [3.05, 3.63) is 70.3 Å². The van der Waals surface area contributed by atoms with Crippen LogP contribution in [0.2, 0.25) is 0 Å². The van der Waals surface area contributed by atoms with E-state index in [1.165, 1.54) is 12.1 Å². The smallest absolute Gasteiger partial charge is 0.150 e. The highest BCUT2D eigenvalue weighted by Gasteiger charge is 2.29. The minimum Gasteiger partial charge on any atom is -0.298 e. The van der Waals surface area contributed by atoms with Gasteiger partial charge in [0.15, 0.2) is 0 Å². The van der Waals surface area contributed by atoms with Gasteiger partial charge in [0.2, 0.25) is 0 Å². The van der Waals surface area contributed by atoms with Gasteiger partial charge in [-0.3, -0.25) is 4.79 Å². The van der Waals surface area contributed by atoms with Crippen molar-refractivity contribution in [2.75, 3.05) is 11.8 Å². The summed E-state index contributed by atoms with van der Waals surface area (Å²) in [5, 5.41) is 0. The number of carbonyl (C=O) groups excluding carboxylic acids is 1. The molecule has 0 N–H and O–H groups in total. The molecule has 2 unspecified atom stereocenters. The molecule has 24 heavy (non-hydrogen) atoms. The summed E-state index contributed by atoms with van der Waals surface area (Å²) in [5.74, 6) is -2.42. The quantitative estimate of drug-likeness (QED) is 0.613. The van der Waals surface area contributed by atoms with Crippen LogP contribution in [0.5, 0.6) is 0 Å². The first kappa shape index (κ1) is 18.9. The fraction of sp³-hybridized carbons (Fsp3) is 0.316. The maximum Gasteiger partial charge on any atom is 0.150 e. The molecular weight excluding hydrogens is 353 g/mol. The van der Waals surface area contributed by atoms with Gasteiger partial charge in [-0.1, -0.05) is 24.3 Å². The normalized spacial score (nSPS) is 13.6. The molecule has 0 amide bonds. The third-order valence-corrected chi connectivity index (χ3v) is 4.81. The monoisotopic (exact) mass is 370 g/mol. The van der Waals surface area contributed by atoms with Gasteiger partial charge >= 0.3 is 0 Å². The molecule has 0 heterocycles. The van der Waals surface area contributed by atoms with Gasteiger partial charge < -0.3 is 0 Å². The number of alkyl halides is 2. The molecule has 0 aliphatic carbocycles. The van der Waals surface area contributed by atoms with Crippen molar-refractivity contribution < 1.29 is 13.6 Å².